The lowest BCUT2D eigenvalue weighted by Gasteiger charge is -2.40. The molecule has 3 aliphatic rings. The quantitative estimate of drug-likeness (QED) is 0.811. The Balaban J connectivity index is 1.64. The van der Waals surface area contributed by atoms with E-state index in [4.69, 9.17) is 4.74 Å². The smallest absolute Gasteiger partial charge is 0.307 e. The van der Waals surface area contributed by atoms with Crippen LogP contribution in [0.25, 0.3) is 0 Å². The number of carbonyl (C=O) groups is 2. The van der Waals surface area contributed by atoms with Gasteiger partial charge in [0.05, 0.1) is 13.5 Å². The number of rotatable bonds is 4. The second kappa shape index (κ2) is 6.42. The maximum Gasteiger partial charge on any atom is 0.307 e. The number of nitrogens with zero attached hydrogens (tertiary/aromatic N) is 1. The fourth-order valence-corrected chi connectivity index (χ4v) is 4.81. The van der Waals surface area contributed by atoms with Crippen molar-refractivity contribution in [3.63, 3.8) is 0 Å². The lowest BCUT2D eigenvalue weighted by molar-refractivity contribution is -0.143. The summed E-state index contributed by atoms with van der Waals surface area (Å²) >= 11 is 0. The van der Waals surface area contributed by atoms with Crippen LogP contribution in [0, 0.1) is 5.92 Å². The number of benzene rings is 1. The number of aliphatic hydroxyl groups excluding tert-OH is 1. The topological polar surface area (TPSA) is 78.9 Å². The summed E-state index contributed by atoms with van der Waals surface area (Å²) in [5.41, 5.74) is 1.15. The molecule has 0 saturated carbocycles. The molecule has 2 saturated heterocycles. The first-order chi connectivity index (χ1) is 12.1. The molecule has 2 bridgehead atoms. The van der Waals surface area contributed by atoms with E-state index in [0.717, 1.165) is 25.7 Å². The molecule has 1 amide bonds. The van der Waals surface area contributed by atoms with Gasteiger partial charge in [-0.1, -0.05) is 18.2 Å². The number of esters is 1. The van der Waals surface area contributed by atoms with Crippen molar-refractivity contribution in [2.45, 2.75) is 56.5 Å². The first kappa shape index (κ1) is 16.5. The van der Waals surface area contributed by atoms with Crippen LogP contribution in [-0.4, -0.2) is 47.1 Å². The van der Waals surface area contributed by atoms with E-state index in [2.05, 4.69) is 5.32 Å². The molecule has 0 aromatic heterocycles. The number of nitrogens with one attached hydrogen (secondary N) is 1. The maximum atomic E-state index is 12.9. The molecule has 4 rings (SSSR count). The lowest BCUT2D eigenvalue weighted by atomic mass is 9.83. The minimum absolute atomic E-state index is 0.122. The highest BCUT2D eigenvalue weighted by Gasteiger charge is 2.46. The number of hydrogen-bond donors (Lipinski definition) is 2. The Morgan fingerprint density at radius 2 is 2.00 bits per heavy atom. The molecule has 2 N–H and O–H groups in total. The molecule has 3 aliphatic heterocycles. The lowest BCUT2D eigenvalue weighted by Crippen LogP contribution is -2.50. The number of methoxy groups -OCH3 is 1. The minimum atomic E-state index is -0.995. The SMILES string of the molecule is COC(=O)C[C@H](C1CC2CCC(C1)N2)N1C(=O)c2ccccc2C1O. The summed E-state index contributed by atoms with van der Waals surface area (Å²) in [6.07, 6.45) is 3.25. The summed E-state index contributed by atoms with van der Waals surface area (Å²) in [5, 5.41) is 14.4. The van der Waals surface area contributed by atoms with Gasteiger partial charge < -0.3 is 20.1 Å². The van der Waals surface area contributed by atoms with Gasteiger partial charge in [0, 0.05) is 29.3 Å². The van der Waals surface area contributed by atoms with E-state index in [-0.39, 0.29) is 30.3 Å². The minimum Gasteiger partial charge on any atom is -0.469 e. The summed E-state index contributed by atoms with van der Waals surface area (Å²) in [5.74, 6) is -0.347. The van der Waals surface area contributed by atoms with E-state index in [1.54, 1.807) is 18.2 Å². The van der Waals surface area contributed by atoms with Crippen molar-refractivity contribution >= 4 is 11.9 Å². The van der Waals surface area contributed by atoms with E-state index in [1.807, 2.05) is 6.07 Å². The molecule has 1 aromatic carbocycles. The van der Waals surface area contributed by atoms with Crippen LogP contribution < -0.4 is 5.32 Å². The van der Waals surface area contributed by atoms with Crippen LogP contribution in [0.15, 0.2) is 24.3 Å². The molecule has 134 valence electrons. The maximum absolute atomic E-state index is 12.9. The van der Waals surface area contributed by atoms with Gasteiger partial charge >= 0.3 is 5.97 Å². The van der Waals surface area contributed by atoms with Crippen LogP contribution in [0.4, 0.5) is 0 Å². The van der Waals surface area contributed by atoms with Crippen molar-refractivity contribution in [1.82, 2.24) is 10.2 Å². The predicted molar refractivity (Wildman–Crippen MR) is 90.7 cm³/mol. The fraction of sp³-hybridized carbons (Fsp3) is 0.579. The number of amides is 1. The Morgan fingerprint density at radius 1 is 1.32 bits per heavy atom. The van der Waals surface area contributed by atoms with Gasteiger partial charge in [-0.25, -0.2) is 0 Å². The Kier molecular flexibility index (Phi) is 4.25. The van der Waals surface area contributed by atoms with Crippen LogP contribution in [-0.2, 0) is 9.53 Å². The number of fused-ring (bicyclic) bond motifs is 3. The Hall–Kier alpha value is -1.92. The van der Waals surface area contributed by atoms with E-state index in [0.29, 0.717) is 23.2 Å². The Bertz CT molecular complexity index is 680. The molecular formula is C19H24N2O4. The van der Waals surface area contributed by atoms with Gasteiger partial charge in [0.25, 0.3) is 5.91 Å². The van der Waals surface area contributed by atoms with Gasteiger partial charge in [-0.2, -0.15) is 0 Å². The van der Waals surface area contributed by atoms with Crippen molar-refractivity contribution in [3.8, 4) is 0 Å². The second-order valence-corrected chi connectivity index (χ2v) is 7.39. The number of hydrogen-bond acceptors (Lipinski definition) is 5. The molecule has 2 fully saturated rings. The van der Waals surface area contributed by atoms with Crippen molar-refractivity contribution in [2.24, 2.45) is 5.92 Å². The molecule has 3 heterocycles. The fourth-order valence-electron chi connectivity index (χ4n) is 4.81. The zero-order valence-electron chi connectivity index (χ0n) is 14.4. The third-order valence-corrected chi connectivity index (χ3v) is 5.98. The van der Waals surface area contributed by atoms with Crippen molar-refractivity contribution < 1.29 is 19.4 Å². The monoisotopic (exact) mass is 344 g/mol. The number of aliphatic hydroxyl groups is 1. The van der Waals surface area contributed by atoms with Crippen LogP contribution in [0.2, 0.25) is 0 Å². The zero-order chi connectivity index (χ0) is 17.6. The molecule has 6 nitrogen and oxygen atoms in total. The second-order valence-electron chi connectivity index (χ2n) is 7.39. The molecule has 0 spiro atoms. The Labute approximate surface area is 147 Å². The number of piperidine rings is 1. The van der Waals surface area contributed by atoms with Gasteiger partial charge in [-0.3, -0.25) is 9.59 Å². The molecule has 3 unspecified atom stereocenters. The molecule has 4 atom stereocenters. The third kappa shape index (κ3) is 2.83. The summed E-state index contributed by atoms with van der Waals surface area (Å²) in [6, 6.07) is 7.68. The van der Waals surface area contributed by atoms with E-state index in [9.17, 15) is 14.7 Å². The predicted octanol–water partition coefficient (Wildman–Crippen LogP) is 1.60. The molecule has 1 aromatic rings. The third-order valence-electron chi connectivity index (χ3n) is 5.98. The van der Waals surface area contributed by atoms with Gasteiger partial charge in [-0.05, 0) is 37.7 Å². The van der Waals surface area contributed by atoms with Crippen LogP contribution in [0.1, 0.15) is 54.3 Å². The highest BCUT2D eigenvalue weighted by atomic mass is 16.5. The van der Waals surface area contributed by atoms with Crippen LogP contribution in [0.3, 0.4) is 0 Å². The molecular weight excluding hydrogens is 320 g/mol. The van der Waals surface area contributed by atoms with Crippen LogP contribution in [0.5, 0.6) is 0 Å². The highest BCUT2D eigenvalue weighted by Crippen LogP contribution is 2.41. The molecule has 0 aliphatic carbocycles. The molecule has 25 heavy (non-hydrogen) atoms. The standard InChI is InChI=1S/C19H24N2O4/c1-25-17(22)10-16(11-8-12-6-7-13(9-11)20-12)21-18(23)14-4-2-3-5-15(14)19(21)24/h2-5,11-13,16,18,20,23H,6-10H2,1H3/t11?,12?,13?,16-,18?/m1/s1. The molecule has 6 heteroatoms. The number of ether oxygens (including phenoxy) is 1. The largest absolute Gasteiger partial charge is 0.469 e. The molecule has 0 radical (unpaired) electrons. The van der Waals surface area contributed by atoms with Gasteiger partial charge in [-0.15, -0.1) is 0 Å². The summed E-state index contributed by atoms with van der Waals surface area (Å²) in [4.78, 5) is 26.5. The van der Waals surface area contributed by atoms with E-state index >= 15 is 0 Å². The number of carbonyl (C=O) groups excluding carboxylic acids is 2. The van der Waals surface area contributed by atoms with E-state index < -0.39 is 6.23 Å². The van der Waals surface area contributed by atoms with Crippen molar-refractivity contribution in [3.05, 3.63) is 35.4 Å². The van der Waals surface area contributed by atoms with Crippen molar-refractivity contribution in [1.29, 1.82) is 0 Å². The van der Waals surface area contributed by atoms with Gasteiger partial charge in [0.1, 0.15) is 0 Å². The normalized spacial score (nSPS) is 31.8. The summed E-state index contributed by atoms with van der Waals surface area (Å²) in [6.45, 7) is 0. The zero-order valence-corrected chi connectivity index (χ0v) is 14.4. The van der Waals surface area contributed by atoms with Gasteiger partial charge in [0.15, 0.2) is 6.23 Å². The first-order valence-corrected chi connectivity index (χ1v) is 9.01. The Morgan fingerprint density at radius 3 is 2.64 bits per heavy atom. The van der Waals surface area contributed by atoms with E-state index in [1.165, 1.54) is 12.0 Å². The van der Waals surface area contributed by atoms with Crippen molar-refractivity contribution in [2.75, 3.05) is 7.11 Å². The first-order valence-electron chi connectivity index (χ1n) is 9.01. The van der Waals surface area contributed by atoms with Gasteiger partial charge in [0.2, 0.25) is 0 Å². The van der Waals surface area contributed by atoms with Crippen LogP contribution >= 0.6 is 0 Å². The average Bonchev–Trinajstić information content (AvgIpc) is 3.09. The summed E-state index contributed by atoms with van der Waals surface area (Å²) in [7, 11) is 1.36. The average molecular weight is 344 g/mol. The summed E-state index contributed by atoms with van der Waals surface area (Å²) < 4.78 is 4.87. The highest BCUT2D eigenvalue weighted by molar-refractivity contribution is 5.99.